The van der Waals surface area contributed by atoms with Gasteiger partial charge in [-0.15, -0.1) is 0 Å². The Kier molecular flexibility index (Phi) is 2.87. The molecule has 4 atom stereocenters. The third-order valence-corrected chi connectivity index (χ3v) is 6.76. The lowest BCUT2D eigenvalue weighted by atomic mass is 9.64. The lowest BCUT2D eigenvalue weighted by molar-refractivity contribution is -0.197. The van der Waals surface area contributed by atoms with Crippen molar-refractivity contribution >= 4 is 0 Å². The summed E-state index contributed by atoms with van der Waals surface area (Å²) in [6.45, 7) is 5.83. The van der Waals surface area contributed by atoms with E-state index in [2.05, 4.69) is 0 Å². The van der Waals surface area contributed by atoms with E-state index in [0.717, 1.165) is 0 Å². The van der Waals surface area contributed by atoms with Gasteiger partial charge < -0.3 is 5.11 Å². The summed E-state index contributed by atoms with van der Waals surface area (Å²) >= 11 is 0. The van der Waals surface area contributed by atoms with Crippen LogP contribution in [-0.2, 0) is 0 Å². The molecule has 0 spiro atoms. The predicted molar refractivity (Wildman–Crippen MR) is 70.5 cm³/mol. The summed E-state index contributed by atoms with van der Waals surface area (Å²) in [4.78, 5) is 1.67. The van der Waals surface area contributed by atoms with Crippen LogP contribution in [0, 0.1) is 16.7 Å². The monoisotopic (exact) mass is 291 g/mol. The number of rotatable bonds is 2. The highest BCUT2D eigenvalue weighted by Crippen LogP contribution is 2.76. The first-order valence-electron chi connectivity index (χ1n) is 7.53. The zero-order valence-corrected chi connectivity index (χ0v) is 12.4. The molecule has 0 radical (unpaired) electrons. The van der Waals surface area contributed by atoms with E-state index in [1.807, 2.05) is 0 Å². The predicted octanol–water partition coefficient (Wildman–Crippen LogP) is 2.85. The van der Waals surface area contributed by atoms with Crippen LogP contribution in [0.3, 0.4) is 0 Å². The van der Waals surface area contributed by atoms with Gasteiger partial charge in [0.15, 0.2) is 5.67 Å². The van der Waals surface area contributed by atoms with E-state index in [0.29, 0.717) is 32.4 Å². The van der Waals surface area contributed by atoms with Crippen molar-refractivity contribution in [3.8, 4) is 0 Å². The fraction of sp³-hybridized carbons (Fsp3) is 1.00. The number of β-amino-alcohol motifs (C(OH)–C–C–N with tert-alkyl or cyclic N) is 1. The van der Waals surface area contributed by atoms with Gasteiger partial charge >= 0.3 is 0 Å². The average Bonchev–Trinajstić information content (AvgIpc) is 2.83. The molecule has 0 aromatic carbocycles. The van der Waals surface area contributed by atoms with Gasteiger partial charge in [0.1, 0.15) is 0 Å². The summed E-state index contributed by atoms with van der Waals surface area (Å²) < 4.78 is 45.0. The number of nitrogens with zero attached hydrogens (tertiary/aromatic N) is 1. The van der Waals surface area contributed by atoms with Gasteiger partial charge in [0.05, 0.1) is 6.10 Å². The molecular formula is C15H24F3NO. The van der Waals surface area contributed by atoms with Crippen LogP contribution in [0.15, 0.2) is 0 Å². The molecule has 3 fully saturated rings. The van der Waals surface area contributed by atoms with Gasteiger partial charge in [-0.25, -0.2) is 13.2 Å². The second kappa shape index (κ2) is 3.92. The number of likely N-dealkylation sites (tertiary alicyclic amines) is 1. The summed E-state index contributed by atoms with van der Waals surface area (Å²) in [6.07, 6.45) is 0.968. The Hall–Kier alpha value is -0.290. The second-order valence-electron chi connectivity index (χ2n) is 7.75. The Morgan fingerprint density at radius 3 is 2.25 bits per heavy atom. The molecule has 1 aliphatic heterocycles. The molecule has 1 N–H and O–H groups in total. The largest absolute Gasteiger partial charge is 0.392 e. The van der Waals surface area contributed by atoms with E-state index in [1.54, 1.807) is 25.7 Å². The van der Waals surface area contributed by atoms with E-state index in [9.17, 15) is 13.9 Å². The summed E-state index contributed by atoms with van der Waals surface area (Å²) in [6, 6.07) is 0. The van der Waals surface area contributed by atoms with Crippen molar-refractivity contribution in [1.82, 2.24) is 4.90 Å². The molecular weight excluding hydrogens is 267 g/mol. The molecule has 3 rings (SSSR count). The van der Waals surface area contributed by atoms with Gasteiger partial charge in [0, 0.05) is 31.0 Å². The van der Waals surface area contributed by atoms with E-state index in [1.165, 1.54) is 0 Å². The number of aliphatic hydroxyl groups is 1. The van der Waals surface area contributed by atoms with E-state index in [4.69, 9.17) is 0 Å². The molecule has 2 bridgehead atoms. The Morgan fingerprint density at radius 1 is 1.15 bits per heavy atom. The maximum Gasteiger partial charge on any atom is 0.286 e. The maximum absolute atomic E-state index is 15.6. The molecule has 2 nitrogen and oxygen atoms in total. The van der Waals surface area contributed by atoms with Crippen molar-refractivity contribution in [2.75, 3.05) is 19.6 Å². The molecule has 0 aromatic heterocycles. The number of hydrogen-bond donors (Lipinski definition) is 1. The highest BCUT2D eigenvalue weighted by Gasteiger charge is 2.83. The van der Waals surface area contributed by atoms with Crippen molar-refractivity contribution in [2.45, 2.75) is 57.7 Å². The summed E-state index contributed by atoms with van der Waals surface area (Å²) in [5, 5.41) is 9.53. The molecule has 3 aliphatic rings. The number of halogens is 3. The normalized spacial score (nSPS) is 50.0. The fourth-order valence-electron chi connectivity index (χ4n) is 5.03. The Labute approximate surface area is 118 Å². The van der Waals surface area contributed by atoms with Gasteiger partial charge in [-0.05, 0) is 24.7 Å². The lowest BCUT2D eigenvalue weighted by Crippen LogP contribution is -2.59. The van der Waals surface area contributed by atoms with Crippen LogP contribution >= 0.6 is 0 Å². The van der Waals surface area contributed by atoms with Crippen molar-refractivity contribution in [2.24, 2.45) is 16.7 Å². The van der Waals surface area contributed by atoms with Crippen LogP contribution in [-0.4, -0.2) is 47.3 Å². The Bertz CT molecular complexity index is 427. The van der Waals surface area contributed by atoms with Crippen LogP contribution in [0.1, 0.15) is 40.0 Å². The van der Waals surface area contributed by atoms with Crippen molar-refractivity contribution < 1.29 is 18.3 Å². The molecule has 1 saturated heterocycles. The van der Waals surface area contributed by atoms with Crippen LogP contribution in [0.2, 0.25) is 0 Å². The van der Waals surface area contributed by atoms with Crippen molar-refractivity contribution in [1.29, 1.82) is 0 Å². The Balaban J connectivity index is 1.95. The van der Waals surface area contributed by atoms with E-state index in [-0.39, 0.29) is 6.54 Å². The van der Waals surface area contributed by atoms with Gasteiger partial charge in [-0.2, -0.15) is 0 Å². The SMILES string of the molecule is CC1(C)C2CCC1(C)C(F)(CN1CC[C@@H](O)C1)C2(F)F. The first-order valence-corrected chi connectivity index (χ1v) is 7.53. The second-order valence-corrected chi connectivity index (χ2v) is 7.75. The van der Waals surface area contributed by atoms with Crippen LogP contribution in [0.25, 0.3) is 0 Å². The first kappa shape index (κ1) is 14.6. The topological polar surface area (TPSA) is 23.5 Å². The summed E-state index contributed by atoms with van der Waals surface area (Å²) in [5.41, 5.74) is -4.18. The van der Waals surface area contributed by atoms with E-state index >= 15 is 4.39 Å². The lowest BCUT2D eigenvalue weighted by Gasteiger charge is -2.46. The van der Waals surface area contributed by atoms with Crippen LogP contribution < -0.4 is 0 Å². The summed E-state index contributed by atoms with van der Waals surface area (Å²) in [5.74, 6) is -4.16. The van der Waals surface area contributed by atoms with Crippen LogP contribution in [0.5, 0.6) is 0 Å². The molecule has 2 saturated carbocycles. The highest BCUT2D eigenvalue weighted by atomic mass is 19.3. The number of aliphatic hydroxyl groups excluding tert-OH is 1. The smallest absolute Gasteiger partial charge is 0.286 e. The van der Waals surface area contributed by atoms with Gasteiger partial charge in [0.2, 0.25) is 0 Å². The minimum Gasteiger partial charge on any atom is -0.392 e. The zero-order valence-electron chi connectivity index (χ0n) is 12.4. The van der Waals surface area contributed by atoms with Crippen molar-refractivity contribution in [3.63, 3.8) is 0 Å². The quantitative estimate of drug-likeness (QED) is 0.845. The fourth-order valence-corrected chi connectivity index (χ4v) is 5.03. The summed E-state index contributed by atoms with van der Waals surface area (Å²) in [7, 11) is 0. The van der Waals surface area contributed by atoms with Crippen LogP contribution in [0.4, 0.5) is 13.2 Å². The zero-order chi connectivity index (χ0) is 15.0. The number of fused-ring (bicyclic) bond motifs is 2. The maximum atomic E-state index is 15.6. The molecule has 3 unspecified atom stereocenters. The minimum absolute atomic E-state index is 0.256. The molecule has 116 valence electrons. The average molecular weight is 291 g/mol. The van der Waals surface area contributed by atoms with E-state index < -0.39 is 34.4 Å². The van der Waals surface area contributed by atoms with Gasteiger partial charge in [-0.1, -0.05) is 20.8 Å². The molecule has 0 aromatic rings. The van der Waals surface area contributed by atoms with Crippen molar-refractivity contribution in [3.05, 3.63) is 0 Å². The third-order valence-electron chi connectivity index (χ3n) is 6.76. The number of hydrogen-bond acceptors (Lipinski definition) is 2. The Morgan fingerprint density at radius 2 is 1.80 bits per heavy atom. The standard InChI is InChI=1S/C15H24F3NO/c1-12(2)11-4-6-13(12,3)14(16,15(11,17)18)9-19-7-5-10(20)8-19/h10-11,20H,4-9H2,1-3H3/t10-,11?,13?,14?/m1/s1. The molecule has 0 amide bonds. The first-order chi connectivity index (χ1) is 9.06. The highest BCUT2D eigenvalue weighted by molar-refractivity contribution is 5.26. The molecule has 20 heavy (non-hydrogen) atoms. The van der Waals surface area contributed by atoms with Gasteiger partial charge in [-0.3, -0.25) is 4.90 Å². The molecule has 5 heteroatoms. The molecule has 2 aliphatic carbocycles. The molecule has 1 heterocycles. The number of alkyl halides is 3. The minimum atomic E-state index is -3.28. The third kappa shape index (κ3) is 1.43. The van der Waals surface area contributed by atoms with Gasteiger partial charge in [0.25, 0.3) is 5.92 Å².